The molecule has 0 radical (unpaired) electrons. The number of anilines is 1. The lowest BCUT2D eigenvalue weighted by atomic mass is 10.2. The summed E-state index contributed by atoms with van der Waals surface area (Å²) in [4.78, 5) is 0. The molecule has 0 saturated carbocycles. The number of aryl methyl sites for hydroxylation is 1. The Labute approximate surface area is 133 Å². The van der Waals surface area contributed by atoms with Crippen molar-refractivity contribution in [3.8, 4) is 11.5 Å². The van der Waals surface area contributed by atoms with Gasteiger partial charge in [0.05, 0.1) is 6.61 Å². The molecule has 1 N–H and O–H groups in total. The van der Waals surface area contributed by atoms with E-state index in [1.165, 1.54) is 5.56 Å². The molecule has 3 heteroatoms. The van der Waals surface area contributed by atoms with Gasteiger partial charge in [-0.2, -0.15) is 0 Å². The summed E-state index contributed by atoms with van der Waals surface area (Å²) < 4.78 is 11.4. The van der Waals surface area contributed by atoms with E-state index >= 15 is 0 Å². The second-order valence-electron chi connectivity index (χ2n) is 5.32. The van der Waals surface area contributed by atoms with E-state index in [-0.39, 0.29) is 0 Å². The van der Waals surface area contributed by atoms with Crippen molar-refractivity contribution in [1.29, 1.82) is 0 Å². The van der Waals surface area contributed by atoms with Crippen molar-refractivity contribution in [3.63, 3.8) is 0 Å². The largest absolute Gasteiger partial charge is 0.494 e. The van der Waals surface area contributed by atoms with Crippen LogP contribution in [0.15, 0.2) is 48.5 Å². The second kappa shape index (κ2) is 8.98. The van der Waals surface area contributed by atoms with Crippen molar-refractivity contribution < 1.29 is 9.47 Å². The molecule has 0 heterocycles. The number of benzene rings is 2. The first-order valence-corrected chi connectivity index (χ1v) is 7.94. The van der Waals surface area contributed by atoms with Crippen LogP contribution in [0.4, 0.5) is 5.69 Å². The van der Waals surface area contributed by atoms with Gasteiger partial charge in [0.25, 0.3) is 0 Å². The molecule has 0 aliphatic heterocycles. The molecule has 0 spiro atoms. The summed E-state index contributed by atoms with van der Waals surface area (Å²) in [6.07, 6.45) is 2.23. The minimum absolute atomic E-state index is 0.629. The number of rotatable bonds is 9. The molecule has 22 heavy (non-hydrogen) atoms. The lowest BCUT2D eigenvalue weighted by Crippen LogP contribution is -2.11. The Morgan fingerprint density at radius 1 is 0.909 bits per heavy atom. The SMILES string of the molecule is CCCCOc1cccc(NCCOc2cccc(C)c2)c1. The van der Waals surface area contributed by atoms with Gasteiger partial charge in [-0.25, -0.2) is 0 Å². The third-order valence-electron chi connectivity index (χ3n) is 3.29. The molecule has 0 atom stereocenters. The highest BCUT2D eigenvalue weighted by Crippen LogP contribution is 2.17. The maximum Gasteiger partial charge on any atom is 0.121 e. The van der Waals surface area contributed by atoms with Crippen molar-refractivity contribution in [1.82, 2.24) is 0 Å². The lowest BCUT2D eigenvalue weighted by molar-refractivity contribution is 0.309. The molecule has 0 fully saturated rings. The third-order valence-corrected chi connectivity index (χ3v) is 3.29. The number of hydrogen-bond acceptors (Lipinski definition) is 3. The van der Waals surface area contributed by atoms with Crippen LogP contribution in [0.2, 0.25) is 0 Å². The van der Waals surface area contributed by atoms with Gasteiger partial charge in [0.2, 0.25) is 0 Å². The third kappa shape index (κ3) is 5.68. The zero-order valence-electron chi connectivity index (χ0n) is 13.5. The van der Waals surface area contributed by atoms with Crippen LogP contribution < -0.4 is 14.8 Å². The van der Waals surface area contributed by atoms with Crippen molar-refractivity contribution >= 4 is 5.69 Å². The van der Waals surface area contributed by atoms with E-state index in [0.29, 0.717) is 6.61 Å². The fourth-order valence-corrected chi connectivity index (χ4v) is 2.10. The minimum atomic E-state index is 0.629. The van der Waals surface area contributed by atoms with Crippen molar-refractivity contribution in [2.24, 2.45) is 0 Å². The maximum atomic E-state index is 5.72. The molecule has 0 bridgehead atoms. The molecule has 118 valence electrons. The van der Waals surface area contributed by atoms with E-state index in [2.05, 4.69) is 25.2 Å². The maximum absolute atomic E-state index is 5.72. The standard InChI is InChI=1S/C19H25NO2/c1-3-4-12-21-19-10-6-8-17(15-19)20-11-13-22-18-9-5-7-16(2)14-18/h5-10,14-15,20H,3-4,11-13H2,1-2H3. The second-order valence-corrected chi connectivity index (χ2v) is 5.32. The minimum Gasteiger partial charge on any atom is -0.494 e. The molecule has 0 aliphatic rings. The summed E-state index contributed by atoms with van der Waals surface area (Å²) >= 11 is 0. The summed E-state index contributed by atoms with van der Waals surface area (Å²) in [7, 11) is 0. The van der Waals surface area contributed by atoms with Gasteiger partial charge in [0.1, 0.15) is 18.1 Å². The van der Waals surface area contributed by atoms with Crippen LogP contribution >= 0.6 is 0 Å². The Kier molecular flexibility index (Phi) is 6.62. The van der Waals surface area contributed by atoms with E-state index in [0.717, 1.165) is 43.2 Å². The van der Waals surface area contributed by atoms with Gasteiger partial charge in [0, 0.05) is 18.3 Å². The zero-order chi connectivity index (χ0) is 15.6. The molecule has 0 aliphatic carbocycles. The normalized spacial score (nSPS) is 10.3. The van der Waals surface area contributed by atoms with E-state index in [9.17, 15) is 0 Å². The molecular formula is C19H25NO2. The number of ether oxygens (including phenoxy) is 2. The molecule has 0 aromatic heterocycles. The van der Waals surface area contributed by atoms with Crippen LogP contribution in [0.5, 0.6) is 11.5 Å². The molecule has 2 aromatic rings. The van der Waals surface area contributed by atoms with Gasteiger partial charge >= 0.3 is 0 Å². The predicted molar refractivity (Wildman–Crippen MR) is 92.0 cm³/mol. The molecular weight excluding hydrogens is 274 g/mol. The quantitative estimate of drug-likeness (QED) is 0.683. The van der Waals surface area contributed by atoms with Gasteiger partial charge in [0.15, 0.2) is 0 Å². The van der Waals surface area contributed by atoms with Gasteiger partial charge in [-0.3, -0.25) is 0 Å². The van der Waals surface area contributed by atoms with Crippen molar-refractivity contribution in [2.45, 2.75) is 26.7 Å². The Bertz CT molecular complexity index is 569. The monoisotopic (exact) mass is 299 g/mol. The molecule has 2 aromatic carbocycles. The van der Waals surface area contributed by atoms with Gasteiger partial charge < -0.3 is 14.8 Å². The number of hydrogen-bond donors (Lipinski definition) is 1. The lowest BCUT2D eigenvalue weighted by Gasteiger charge is -2.11. The fraction of sp³-hybridized carbons (Fsp3) is 0.368. The van der Waals surface area contributed by atoms with Crippen LogP contribution in [0.3, 0.4) is 0 Å². The van der Waals surface area contributed by atoms with Gasteiger partial charge in [-0.05, 0) is 43.2 Å². The summed E-state index contributed by atoms with van der Waals surface area (Å²) in [6.45, 7) is 6.39. The Hall–Kier alpha value is -2.16. The molecule has 0 unspecified atom stereocenters. The Morgan fingerprint density at radius 2 is 1.64 bits per heavy atom. The van der Waals surface area contributed by atoms with E-state index in [1.54, 1.807) is 0 Å². The van der Waals surface area contributed by atoms with Crippen LogP contribution in [0.1, 0.15) is 25.3 Å². The Morgan fingerprint density at radius 3 is 2.41 bits per heavy atom. The predicted octanol–water partition coefficient (Wildman–Crippen LogP) is 4.66. The molecule has 0 amide bonds. The smallest absolute Gasteiger partial charge is 0.121 e. The molecule has 2 rings (SSSR count). The van der Waals surface area contributed by atoms with E-state index < -0.39 is 0 Å². The van der Waals surface area contributed by atoms with E-state index in [4.69, 9.17) is 9.47 Å². The van der Waals surface area contributed by atoms with E-state index in [1.807, 2.05) is 42.5 Å². The average molecular weight is 299 g/mol. The summed E-state index contributed by atoms with van der Waals surface area (Å²) in [5.41, 5.74) is 2.27. The van der Waals surface area contributed by atoms with Crippen LogP contribution in [0, 0.1) is 6.92 Å². The summed E-state index contributed by atoms with van der Waals surface area (Å²) in [6, 6.07) is 16.2. The molecule has 0 saturated heterocycles. The first-order chi connectivity index (χ1) is 10.8. The van der Waals surface area contributed by atoms with Crippen molar-refractivity contribution in [2.75, 3.05) is 25.1 Å². The van der Waals surface area contributed by atoms with Crippen LogP contribution in [-0.2, 0) is 0 Å². The molecule has 3 nitrogen and oxygen atoms in total. The number of nitrogens with one attached hydrogen (secondary N) is 1. The highest BCUT2D eigenvalue weighted by molar-refractivity contribution is 5.48. The summed E-state index contributed by atoms with van der Waals surface area (Å²) in [5, 5.41) is 3.36. The highest BCUT2D eigenvalue weighted by Gasteiger charge is 1.98. The van der Waals surface area contributed by atoms with Gasteiger partial charge in [-0.15, -0.1) is 0 Å². The topological polar surface area (TPSA) is 30.5 Å². The highest BCUT2D eigenvalue weighted by atomic mass is 16.5. The van der Waals surface area contributed by atoms with Gasteiger partial charge in [-0.1, -0.05) is 31.5 Å². The van der Waals surface area contributed by atoms with Crippen LogP contribution in [-0.4, -0.2) is 19.8 Å². The van der Waals surface area contributed by atoms with Crippen LogP contribution in [0.25, 0.3) is 0 Å². The Balaban J connectivity index is 1.73. The average Bonchev–Trinajstić information content (AvgIpc) is 2.52. The zero-order valence-corrected chi connectivity index (χ0v) is 13.5. The number of unbranched alkanes of at least 4 members (excludes halogenated alkanes) is 1. The first kappa shape index (κ1) is 16.2. The first-order valence-electron chi connectivity index (χ1n) is 7.94. The fourth-order valence-electron chi connectivity index (χ4n) is 2.10. The summed E-state index contributed by atoms with van der Waals surface area (Å²) in [5.74, 6) is 1.83. The van der Waals surface area contributed by atoms with Crippen molar-refractivity contribution in [3.05, 3.63) is 54.1 Å².